The number of alkyl halides is 3. The summed E-state index contributed by atoms with van der Waals surface area (Å²) >= 11 is 0. The zero-order chi connectivity index (χ0) is 19.8. The first-order valence-corrected chi connectivity index (χ1v) is 10.7. The molecule has 3 rings (SSSR count). The van der Waals surface area contributed by atoms with E-state index in [1.807, 2.05) is 4.90 Å². The molecule has 0 saturated carbocycles. The number of ether oxygens (including phenoxy) is 1. The number of sulfone groups is 1. The number of fused-ring (bicyclic) bond motifs is 1. The predicted molar refractivity (Wildman–Crippen MR) is 91.9 cm³/mol. The fourth-order valence-electron chi connectivity index (χ4n) is 3.43. The predicted octanol–water partition coefficient (Wildman–Crippen LogP) is 0.397. The summed E-state index contributed by atoms with van der Waals surface area (Å²) in [6, 6.07) is -1.84. The second kappa shape index (κ2) is 7.47. The molecule has 27 heavy (non-hydrogen) atoms. The summed E-state index contributed by atoms with van der Waals surface area (Å²) in [5.74, 6) is -0.635. The van der Waals surface area contributed by atoms with Gasteiger partial charge in [-0.1, -0.05) is 0 Å². The number of aliphatic hydroxyl groups excluding tert-OH is 1. The topological polar surface area (TPSA) is 85.7 Å². The molecule has 3 aliphatic rings. The van der Waals surface area contributed by atoms with Gasteiger partial charge in [0.15, 0.2) is 5.88 Å². The van der Waals surface area contributed by atoms with Crippen LogP contribution in [0.5, 0.6) is 0 Å². The Bertz CT molecular complexity index is 719. The molecule has 2 atom stereocenters. The van der Waals surface area contributed by atoms with Crippen LogP contribution in [0.25, 0.3) is 0 Å². The molecule has 0 radical (unpaired) electrons. The van der Waals surface area contributed by atoms with Crippen LogP contribution in [0.3, 0.4) is 0 Å². The Labute approximate surface area is 155 Å². The number of hydrogen-bond donors (Lipinski definition) is 1. The van der Waals surface area contributed by atoms with E-state index in [1.165, 1.54) is 11.0 Å². The number of halogens is 3. The third-order valence-electron chi connectivity index (χ3n) is 4.82. The quantitative estimate of drug-likeness (QED) is 0.715. The number of aliphatic hydroxyl groups is 1. The first kappa shape index (κ1) is 20.2. The van der Waals surface area contributed by atoms with Gasteiger partial charge in [-0.15, -0.1) is 0 Å². The highest BCUT2D eigenvalue weighted by molar-refractivity contribution is 7.90. The number of aliphatic imine (C=N–C) groups is 1. The van der Waals surface area contributed by atoms with E-state index in [-0.39, 0.29) is 31.4 Å². The standard InChI is InChI=1S/C15H23F3N4O4S/c1-27(24,25)9-6-21-11(15(16,17)18)2-3-22-13(23)10-12(19-14(21)22)20-4-7-26-8-5-20/h10-12,23H,2-9H2,1H3/t11-,12?/m0/s1. The number of nitrogens with zero attached hydrogens (tertiary/aromatic N) is 4. The molecule has 1 N–H and O–H groups in total. The normalized spacial score (nSPS) is 27.9. The fourth-order valence-corrected chi connectivity index (χ4v) is 3.96. The zero-order valence-electron chi connectivity index (χ0n) is 14.9. The van der Waals surface area contributed by atoms with Gasteiger partial charge in [0.05, 0.1) is 19.0 Å². The van der Waals surface area contributed by atoms with E-state index < -0.39 is 34.0 Å². The van der Waals surface area contributed by atoms with Crippen molar-refractivity contribution in [1.29, 1.82) is 0 Å². The first-order chi connectivity index (χ1) is 12.6. The summed E-state index contributed by atoms with van der Waals surface area (Å²) < 4.78 is 69.0. The van der Waals surface area contributed by atoms with Gasteiger partial charge in [0, 0.05) is 38.5 Å². The highest BCUT2D eigenvalue weighted by Gasteiger charge is 2.49. The van der Waals surface area contributed by atoms with Gasteiger partial charge in [-0.25, -0.2) is 13.4 Å². The molecule has 3 aliphatic heterocycles. The minimum Gasteiger partial charge on any atom is -0.495 e. The highest BCUT2D eigenvalue weighted by atomic mass is 32.2. The van der Waals surface area contributed by atoms with E-state index in [1.54, 1.807) is 0 Å². The van der Waals surface area contributed by atoms with Gasteiger partial charge in [0.1, 0.15) is 22.0 Å². The lowest BCUT2D eigenvalue weighted by Crippen LogP contribution is -2.62. The Morgan fingerprint density at radius 3 is 2.56 bits per heavy atom. The maximum absolute atomic E-state index is 13.6. The summed E-state index contributed by atoms with van der Waals surface area (Å²) in [4.78, 5) is 8.60. The molecule has 3 heterocycles. The van der Waals surface area contributed by atoms with Crippen molar-refractivity contribution in [3.05, 3.63) is 12.0 Å². The van der Waals surface area contributed by atoms with Crippen LogP contribution >= 0.6 is 0 Å². The number of morpholine rings is 1. The van der Waals surface area contributed by atoms with Crippen molar-refractivity contribution in [3.8, 4) is 0 Å². The highest BCUT2D eigenvalue weighted by Crippen LogP contribution is 2.33. The fraction of sp³-hybridized carbons (Fsp3) is 0.800. The van der Waals surface area contributed by atoms with Crippen LogP contribution in [-0.2, 0) is 14.6 Å². The Kier molecular flexibility index (Phi) is 5.59. The second-order valence-corrected chi connectivity index (χ2v) is 9.10. The molecule has 0 aliphatic carbocycles. The average molecular weight is 412 g/mol. The molecule has 2 saturated heterocycles. The molecule has 1 unspecified atom stereocenters. The second-order valence-electron chi connectivity index (χ2n) is 6.84. The Morgan fingerprint density at radius 2 is 1.96 bits per heavy atom. The monoisotopic (exact) mass is 412 g/mol. The number of hydrogen-bond acceptors (Lipinski definition) is 8. The van der Waals surface area contributed by atoms with Crippen LogP contribution in [0.4, 0.5) is 13.2 Å². The van der Waals surface area contributed by atoms with Crippen molar-refractivity contribution in [2.75, 3.05) is 51.4 Å². The average Bonchev–Trinajstić information content (AvgIpc) is 2.58. The van der Waals surface area contributed by atoms with Crippen LogP contribution in [-0.4, -0.2) is 104 Å². The summed E-state index contributed by atoms with van der Waals surface area (Å²) in [6.07, 6.45) is -2.96. The van der Waals surface area contributed by atoms with Crippen LogP contribution in [0, 0.1) is 0 Å². The summed E-state index contributed by atoms with van der Waals surface area (Å²) in [5, 5.41) is 10.4. The minimum absolute atomic E-state index is 0.0382. The summed E-state index contributed by atoms with van der Waals surface area (Å²) in [6.45, 7) is 1.64. The maximum Gasteiger partial charge on any atom is 0.408 e. The molecular weight excluding hydrogens is 389 g/mol. The Hall–Kier alpha value is -1.53. The van der Waals surface area contributed by atoms with Gasteiger partial charge in [0.2, 0.25) is 5.96 Å². The Morgan fingerprint density at radius 1 is 1.30 bits per heavy atom. The smallest absolute Gasteiger partial charge is 0.408 e. The molecule has 0 amide bonds. The molecule has 154 valence electrons. The Balaban J connectivity index is 1.91. The van der Waals surface area contributed by atoms with Gasteiger partial charge >= 0.3 is 6.18 Å². The largest absolute Gasteiger partial charge is 0.495 e. The van der Waals surface area contributed by atoms with Crippen molar-refractivity contribution in [1.82, 2.24) is 14.7 Å². The molecule has 8 nitrogen and oxygen atoms in total. The lowest BCUT2D eigenvalue weighted by atomic mass is 10.1. The lowest BCUT2D eigenvalue weighted by Gasteiger charge is -2.46. The third kappa shape index (κ3) is 4.66. The van der Waals surface area contributed by atoms with Crippen LogP contribution in [0.1, 0.15) is 6.42 Å². The van der Waals surface area contributed by atoms with Crippen molar-refractivity contribution in [3.63, 3.8) is 0 Å². The van der Waals surface area contributed by atoms with E-state index in [0.29, 0.717) is 26.3 Å². The van der Waals surface area contributed by atoms with E-state index in [4.69, 9.17) is 4.74 Å². The van der Waals surface area contributed by atoms with E-state index in [9.17, 15) is 26.7 Å². The maximum atomic E-state index is 13.6. The number of guanidine groups is 1. The van der Waals surface area contributed by atoms with Crippen molar-refractivity contribution >= 4 is 15.8 Å². The van der Waals surface area contributed by atoms with Crippen molar-refractivity contribution in [2.45, 2.75) is 24.8 Å². The first-order valence-electron chi connectivity index (χ1n) is 8.65. The van der Waals surface area contributed by atoms with Gasteiger partial charge in [-0.3, -0.25) is 9.80 Å². The summed E-state index contributed by atoms with van der Waals surface area (Å²) in [7, 11) is -3.46. The molecular formula is C15H23F3N4O4S. The lowest BCUT2D eigenvalue weighted by molar-refractivity contribution is -0.180. The van der Waals surface area contributed by atoms with Gasteiger partial charge < -0.3 is 14.7 Å². The molecule has 2 fully saturated rings. The van der Waals surface area contributed by atoms with E-state index in [0.717, 1.165) is 11.2 Å². The molecule has 0 bridgehead atoms. The molecule has 0 aromatic carbocycles. The van der Waals surface area contributed by atoms with E-state index in [2.05, 4.69) is 4.99 Å². The van der Waals surface area contributed by atoms with Crippen molar-refractivity contribution in [2.24, 2.45) is 4.99 Å². The molecule has 12 heteroatoms. The van der Waals surface area contributed by atoms with Crippen molar-refractivity contribution < 1.29 is 31.4 Å². The molecule has 0 aromatic rings. The summed E-state index contributed by atoms with van der Waals surface area (Å²) in [5.41, 5.74) is 0. The van der Waals surface area contributed by atoms with Gasteiger partial charge in [0.25, 0.3) is 0 Å². The van der Waals surface area contributed by atoms with Gasteiger partial charge in [-0.05, 0) is 6.42 Å². The number of rotatable bonds is 4. The zero-order valence-corrected chi connectivity index (χ0v) is 15.7. The molecule has 0 aromatic heterocycles. The minimum atomic E-state index is -4.53. The van der Waals surface area contributed by atoms with Crippen LogP contribution < -0.4 is 0 Å². The van der Waals surface area contributed by atoms with Gasteiger partial charge in [-0.2, -0.15) is 13.2 Å². The third-order valence-corrected chi connectivity index (χ3v) is 5.75. The van der Waals surface area contributed by atoms with E-state index >= 15 is 0 Å². The SMILES string of the molecule is CS(=O)(=O)CCN1C2=NC(N3CCOCC3)C=C(O)N2CC[C@H]1C(F)(F)F. The van der Waals surface area contributed by atoms with Crippen LogP contribution in [0.15, 0.2) is 17.0 Å². The molecule has 0 spiro atoms. The van der Waals surface area contributed by atoms with Crippen LogP contribution in [0.2, 0.25) is 0 Å².